The van der Waals surface area contributed by atoms with Crippen LogP contribution in [0.25, 0.3) is 11.3 Å². The molecule has 1 amide bonds. The standard InChI is InChI=1S/C31H33N3O5S.2H2/c1-19(2)18-38-25-12-10-24(11-13-25)27-15-14-26(30(35)34-40(36,37)28-9-7-8-23(6)32-28)31(33-27)39-29-21(4)16-20(3)17-22(29)5;;/h7-17,19H,18H2,1-6H3,(H,34,35);2*1H. The molecular formula is C31H37N3O5S. The number of aromatic nitrogens is 2. The number of ether oxygens (including phenoxy) is 2. The lowest BCUT2D eigenvalue weighted by Crippen LogP contribution is -2.31. The molecule has 212 valence electrons. The van der Waals surface area contributed by atoms with E-state index in [-0.39, 0.29) is 19.3 Å². The third-order valence-corrected chi connectivity index (χ3v) is 7.24. The maximum absolute atomic E-state index is 13.3. The Hall–Kier alpha value is -4.24. The molecule has 2 heterocycles. The number of sulfonamides is 1. The van der Waals surface area contributed by atoms with E-state index in [9.17, 15) is 13.2 Å². The fourth-order valence-corrected chi connectivity index (χ4v) is 5.14. The van der Waals surface area contributed by atoms with Crippen LogP contribution < -0.4 is 14.2 Å². The normalized spacial score (nSPS) is 11.4. The van der Waals surface area contributed by atoms with Gasteiger partial charge in [0.15, 0.2) is 5.03 Å². The van der Waals surface area contributed by atoms with Crippen LogP contribution in [0.4, 0.5) is 0 Å². The second-order valence-corrected chi connectivity index (χ2v) is 11.8. The maximum Gasteiger partial charge on any atom is 0.281 e. The van der Waals surface area contributed by atoms with Gasteiger partial charge in [-0.2, -0.15) is 8.42 Å². The third-order valence-electron chi connectivity index (χ3n) is 6.01. The van der Waals surface area contributed by atoms with Gasteiger partial charge >= 0.3 is 0 Å². The third kappa shape index (κ3) is 6.84. The molecule has 4 aromatic rings. The highest BCUT2D eigenvalue weighted by Gasteiger charge is 2.24. The second kappa shape index (κ2) is 11.9. The summed E-state index contributed by atoms with van der Waals surface area (Å²) in [5.41, 5.74) is 4.60. The molecule has 2 aromatic heterocycles. The van der Waals surface area contributed by atoms with E-state index in [1.165, 1.54) is 12.1 Å². The molecule has 0 spiro atoms. The van der Waals surface area contributed by atoms with E-state index in [1.54, 1.807) is 25.1 Å². The highest BCUT2D eigenvalue weighted by molar-refractivity contribution is 7.90. The zero-order valence-electron chi connectivity index (χ0n) is 23.5. The molecule has 4 rings (SSSR count). The van der Waals surface area contributed by atoms with Crippen molar-refractivity contribution in [1.82, 2.24) is 14.7 Å². The van der Waals surface area contributed by atoms with E-state index in [2.05, 4.69) is 28.5 Å². The number of hydrogen-bond acceptors (Lipinski definition) is 7. The number of amides is 1. The highest BCUT2D eigenvalue weighted by atomic mass is 32.2. The maximum atomic E-state index is 13.3. The summed E-state index contributed by atoms with van der Waals surface area (Å²) in [5, 5.41) is -0.252. The Morgan fingerprint density at radius 2 is 1.60 bits per heavy atom. The lowest BCUT2D eigenvalue weighted by molar-refractivity contribution is 0.0978. The Morgan fingerprint density at radius 3 is 2.23 bits per heavy atom. The predicted molar refractivity (Wildman–Crippen MR) is 159 cm³/mol. The summed E-state index contributed by atoms with van der Waals surface area (Å²) in [6, 6.07) is 19.1. The fraction of sp³-hybridized carbons (Fsp3) is 0.258. The fourth-order valence-electron chi connectivity index (χ4n) is 4.16. The number of carbonyl (C=O) groups is 1. The molecule has 0 bridgehead atoms. The minimum absolute atomic E-state index is 0. The van der Waals surface area contributed by atoms with Crippen molar-refractivity contribution in [2.24, 2.45) is 5.92 Å². The van der Waals surface area contributed by atoms with Gasteiger partial charge in [0.2, 0.25) is 5.88 Å². The average Bonchev–Trinajstić information content (AvgIpc) is 2.89. The first-order chi connectivity index (χ1) is 18.9. The van der Waals surface area contributed by atoms with Gasteiger partial charge in [-0.1, -0.05) is 37.6 Å². The van der Waals surface area contributed by atoms with Crippen LogP contribution in [0.1, 0.15) is 49.4 Å². The monoisotopic (exact) mass is 563 g/mol. The van der Waals surface area contributed by atoms with Crippen molar-refractivity contribution in [2.45, 2.75) is 46.6 Å². The molecule has 2 aromatic carbocycles. The van der Waals surface area contributed by atoms with Crippen LogP contribution in [-0.4, -0.2) is 30.9 Å². The van der Waals surface area contributed by atoms with Crippen molar-refractivity contribution < 1.29 is 25.5 Å². The van der Waals surface area contributed by atoms with Crippen LogP contribution in [0.5, 0.6) is 17.4 Å². The number of carbonyl (C=O) groups excluding carboxylic acids is 1. The Kier molecular flexibility index (Phi) is 8.54. The molecule has 0 saturated heterocycles. The number of nitrogens with zero attached hydrogens (tertiary/aromatic N) is 2. The number of aryl methyl sites for hydroxylation is 4. The number of nitrogens with one attached hydrogen (secondary N) is 1. The minimum atomic E-state index is -4.23. The van der Waals surface area contributed by atoms with E-state index in [0.29, 0.717) is 29.7 Å². The summed E-state index contributed by atoms with van der Waals surface area (Å²) < 4.78 is 40.0. The smallest absolute Gasteiger partial charge is 0.281 e. The Balaban J connectivity index is 0.00000308. The topological polar surface area (TPSA) is 107 Å². The van der Waals surface area contributed by atoms with Crippen molar-refractivity contribution in [1.29, 1.82) is 0 Å². The van der Waals surface area contributed by atoms with Crippen LogP contribution in [0.2, 0.25) is 0 Å². The Labute approximate surface area is 238 Å². The van der Waals surface area contributed by atoms with E-state index in [0.717, 1.165) is 28.0 Å². The van der Waals surface area contributed by atoms with Gasteiger partial charge in [-0.3, -0.25) is 4.79 Å². The quantitative estimate of drug-likeness (QED) is 0.238. The summed E-state index contributed by atoms with van der Waals surface area (Å²) in [4.78, 5) is 22.0. The van der Waals surface area contributed by atoms with Crippen molar-refractivity contribution in [2.75, 3.05) is 6.61 Å². The molecule has 0 saturated carbocycles. The van der Waals surface area contributed by atoms with Crippen LogP contribution in [-0.2, 0) is 10.0 Å². The summed E-state index contributed by atoms with van der Waals surface area (Å²) >= 11 is 0. The molecule has 0 unspecified atom stereocenters. The minimum Gasteiger partial charge on any atom is -0.493 e. The van der Waals surface area contributed by atoms with E-state index in [1.807, 2.05) is 57.2 Å². The number of rotatable bonds is 9. The molecule has 1 N–H and O–H groups in total. The lowest BCUT2D eigenvalue weighted by Gasteiger charge is -2.16. The average molecular weight is 564 g/mol. The zero-order chi connectivity index (χ0) is 29.0. The van der Waals surface area contributed by atoms with E-state index >= 15 is 0 Å². The van der Waals surface area contributed by atoms with E-state index in [4.69, 9.17) is 9.47 Å². The number of benzene rings is 2. The molecule has 0 atom stereocenters. The SMILES string of the molecule is Cc1cc(C)c(Oc2nc(-c3ccc(OCC(C)C)cc3)ccc2C(=O)NS(=O)(=O)c2cccc(C)n2)c(C)c1.[HH].[HH]. The summed E-state index contributed by atoms with van der Waals surface area (Å²) in [6.45, 7) is 12.2. The van der Waals surface area contributed by atoms with Crippen molar-refractivity contribution in [3.05, 3.63) is 94.7 Å². The first kappa shape index (κ1) is 28.8. The lowest BCUT2D eigenvalue weighted by atomic mass is 10.1. The van der Waals surface area contributed by atoms with Crippen molar-refractivity contribution >= 4 is 15.9 Å². The second-order valence-electron chi connectivity index (χ2n) is 10.2. The summed E-state index contributed by atoms with van der Waals surface area (Å²) in [7, 11) is -4.23. The van der Waals surface area contributed by atoms with E-state index < -0.39 is 15.9 Å². The van der Waals surface area contributed by atoms with Crippen molar-refractivity contribution in [3.63, 3.8) is 0 Å². The largest absolute Gasteiger partial charge is 0.493 e. The van der Waals surface area contributed by atoms with Gasteiger partial charge in [-0.15, -0.1) is 0 Å². The highest BCUT2D eigenvalue weighted by Crippen LogP contribution is 2.33. The summed E-state index contributed by atoms with van der Waals surface area (Å²) in [5.74, 6) is 0.796. The van der Waals surface area contributed by atoms with Gasteiger partial charge < -0.3 is 9.47 Å². The van der Waals surface area contributed by atoms with Crippen LogP contribution in [0.15, 0.2) is 71.8 Å². The zero-order valence-corrected chi connectivity index (χ0v) is 24.3. The van der Waals surface area contributed by atoms with Gasteiger partial charge in [0.25, 0.3) is 15.9 Å². The molecule has 0 aliphatic carbocycles. The molecule has 0 aliphatic heterocycles. The molecule has 40 heavy (non-hydrogen) atoms. The molecule has 0 fully saturated rings. The Bertz CT molecular complexity index is 1640. The van der Waals surface area contributed by atoms with Gasteiger partial charge in [0.05, 0.1) is 12.3 Å². The molecule has 8 nitrogen and oxygen atoms in total. The summed E-state index contributed by atoms with van der Waals surface area (Å²) in [6.07, 6.45) is 0. The molecule has 0 aliphatic rings. The Morgan fingerprint density at radius 1 is 0.925 bits per heavy atom. The predicted octanol–water partition coefficient (Wildman–Crippen LogP) is 6.82. The molecule has 9 heteroatoms. The first-order valence-corrected chi connectivity index (χ1v) is 14.4. The number of pyridine rings is 2. The van der Waals surface area contributed by atoms with Crippen molar-refractivity contribution in [3.8, 4) is 28.6 Å². The van der Waals surface area contributed by atoms with Gasteiger partial charge in [0.1, 0.15) is 17.1 Å². The number of hydrogen-bond donors (Lipinski definition) is 1. The van der Waals surface area contributed by atoms with Gasteiger partial charge in [0, 0.05) is 14.1 Å². The molecule has 0 radical (unpaired) electrons. The van der Waals surface area contributed by atoms with Gasteiger partial charge in [-0.05, 0) is 93.3 Å². The van der Waals surface area contributed by atoms with Crippen LogP contribution in [0, 0.1) is 33.6 Å². The first-order valence-electron chi connectivity index (χ1n) is 12.9. The molecular weight excluding hydrogens is 526 g/mol. The van der Waals surface area contributed by atoms with Crippen LogP contribution >= 0.6 is 0 Å². The van der Waals surface area contributed by atoms with Crippen LogP contribution in [0.3, 0.4) is 0 Å². The van der Waals surface area contributed by atoms with Gasteiger partial charge in [-0.25, -0.2) is 14.7 Å².